The predicted octanol–water partition coefficient (Wildman–Crippen LogP) is 10.9. The van der Waals surface area contributed by atoms with Gasteiger partial charge in [-0.2, -0.15) is 0 Å². The molecule has 0 saturated carbocycles. The minimum Gasteiger partial charge on any atom is -0.456 e. The van der Waals surface area contributed by atoms with E-state index in [1.54, 1.807) is 0 Å². The third kappa shape index (κ3) is 3.52. The molecule has 0 radical (unpaired) electrons. The summed E-state index contributed by atoms with van der Waals surface area (Å²) < 4.78 is 31.4. The number of furan rings is 1. The topological polar surface area (TPSA) is 53.3 Å². The second-order valence-corrected chi connectivity index (χ2v) is 10.2. The maximum atomic E-state index is 6.48. The van der Waals surface area contributed by atoms with Crippen LogP contribution in [0.3, 0.4) is 0 Å². The van der Waals surface area contributed by atoms with Crippen molar-refractivity contribution in [1.29, 1.82) is 0 Å². The number of hydrogen-bond acceptors (Lipinski definition) is 6. The summed E-state index contributed by atoms with van der Waals surface area (Å²) in [5, 5.41) is 2.13. The smallest absolute Gasteiger partial charge is 0.194 e. The molecule has 3 heterocycles. The molecule has 0 unspecified atom stereocenters. The van der Waals surface area contributed by atoms with E-state index in [-0.39, 0.29) is 0 Å². The van der Waals surface area contributed by atoms with Crippen LogP contribution in [0.2, 0.25) is 0 Å². The first-order chi connectivity index (χ1) is 20.8. The van der Waals surface area contributed by atoms with Crippen molar-refractivity contribution in [3.63, 3.8) is 0 Å². The summed E-state index contributed by atoms with van der Waals surface area (Å²) in [5.74, 6) is 5.20. The maximum absolute atomic E-state index is 6.48. The molecule has 0 N–H and O–H groups in total. The first kappa shape index (κ1) is 22.9. The highest BCUT2D eigenvalue weighted by Crippen LogP contribution is 2.54. The fourth-order valence-electron chi connectivity index (χ4n) is 5.65. The Kier molecular flexibility index (Phi) is 4.80. The standard InChI is InChI=1S/C36H21NO5/c1-2-10-27-24(8-1)25-18-16-22(20-34(25)38-27)37(23-17-19-32-35(21-23)41-29-12-4-3-11-28(29)39-32)26-9-7-15-33-36(26)42-31-14-6-5-13-30(31)40-33/h1-21H. The van der Waals surface area contributed by atoms with E-state index in [0.717, 1.165) is 39.0 Å². The summed E-state index contributed by atoms with van der Waals surface area (Å²) in [5.41, 5.74) is 4.17. The Labute approximate surface area is 240 Å². The highest BCUT2D eigenvalue weighted by molar-refractivity contribution is 6.06. The largest absolute Gasteiger partial charge is 0.456 e. The number of anilines is 3. The zero-order valence-electron chi connectivity index (χ0n) is 22.1. The molecule has 9 rings (SSSR count). The molecule has 6 heteroatoms. The van der Waals surface area contributed by atoms with Gasteiger partial charge in [-0.1, -0.05) is 48.5 Å². The highest BCUT2D eigenvalue weighted by Gasteiger charge is 2.28. The van der Waals surface area contributed by atoms with Gasteiger partial charge in [0.05, 0.1) is 17.1 Å². The lowest BCUT2D eigenvalue weighted by molar-refractivity contribution is 0.359. The lowest BCUT2D eigenvalue weighted by Crippen LogP contribution is -2.13. The van der Waals surface area contributed by atoms with Crippen LogP contribution in [0.4, 0.5) is 17.1 Å². The molecular formula is C36H21NO5. The van der Waals surface area contributed by atoms with E-state index >= 15 is 0 Å². The van der Waals surface area contributed by atoms with Crippen LogP contribution in [0.15, 0.2) is 132 Å². The fourth-order valence-corrected chi connectivity index (χ4v) is 5.65. The second-order valence-electron chi connectivity index (χ2n) is 10.2. The molecule has 42 heavy (non-hydrogen) atoms. The molecule has 0 atom stereocenters. The summed E-state index contributed by atoms with van der Waals surface area (Å²) in [7, 11) is 0. The van der Waals surface area contributed by atoms with Crippen LogP contribution >= 0.6 is 0 Å². The van der Waals surface area contributed by atoms with Gasteiger partial charge in [0, 0.05) is 22.9 Å². The predicted molar refractivity (Wildman–Crippen MR) is 162 cm³/mol. The van der Waals surface area contributed by atoms with Gasteiger partial charge in [-0.15, -0.1) is 0 Å². The lowest BCUT2D eigenvalue weighted by Gasteiger charge is -2.31. The summed E-state index contributed by atoms with van der Waals surface area (Å²) in [6.45, 7) is 0. The molecule has 0 amide bonds. The van der Waals surface area contributed by atoms with Crippen LogP contribution in [-0.2, 0) is 0 Å². The quantitative estimate of drug-likeness (QED) is 0.219. The van der Waals surface area contributed by atoms with Crippen LogP contribution < -0.4 is 23.8 Å². The number of nitrogens with zero attached hydrogens (tertiary/aromatic N) is 1. The van der Waals surface area contributed by atoms with Gasteiger partial charge in [-0.25, -0.2) is 0 Å². The average molecular weight is 548 g/mol. The molecule has 7 aromatic rings. The van der Waals surface area contributed by atoms with Gasteiger partial charge in [-0.3, -0.25) is 0 Å². The number of rotatable bonds is 3. The van der Waals surface area contributed by atoms with E-state index in [1.165, 1.54) is 0 Å². The first-order valence-corrected chi connectivity index (χ1v) is 13.7. The van der Waals surface area contributed by atoms with Gasteiger partial charge in [-0.05, 0) is 66.7 Å². The third-order valence-electron chi connectivity index (χ3n) is 7.58. The second kappa shape index (κ2) is 8.81. The van der Waals surface area contributed by atoms with Crippen LogP contribution in [-0.4, -0.2) is 0 Å². The molecule has 200 valence electrons. The van der Waals surface area contributed by atoms with Gasteiger partial charge in [0.25, 0.3) is 0 Å². The van der Waals surface area contributed by atoms with E-state index in [2.05, 4.69) is 29.2 Å². The number of para-hydroxylation sites is 6. The Morgan fingerprint density at radius 3 is 1.76 bits per heavy atom. The van der Waals surface area contributed by atoms with Gasteiger partial charge >= 0.3 is 0 Å². The lowest BCUT2D eigenvalue weighted by atomic mass is 10.1. The van der Waals surface area contributed by atoms with E-state index in [1.807, 2.05) is 103 Å². The van der Waals surface area contributed by atoms with Crippen molar-refractivity contribution in [3.05, 3.63) is 127 Å². The normalized spacial score (nSPS) is 12.6. The molecule has 0 saturated heterocycles. The molecule has 0 spiro atoms. The maximum Gasteiger partial charge on any atom is 0.194 e. The van der Waals surface area contributed by atoms with Crippen molar-refractivity contribution in [1.82, 2.24) is 0 Å². The molecular weight excluding hydrogens is 526 g/mol. The average Bonchev–Trinajstić information content (AvgIpc) is 3.41. The molecule has 0 bridgehead atoms. The summed E-state index contributed by atoms with van der Waals surface area (Å²) in [4.78, 5) is 2.12. The highest BCUT2D eigenvalue weighted by atomic mass is 16.6. The van der Waals surface area contributed by atoms with Gasteiger partial charge < -0.3 is 28.3 Å². The van der Waals surface area contributed by atoms with Crippen molar-refractivity contribution in [2.75, 3.05) is 4.90 Å². The van der Waals surface area contributed by atoms with Crippen molar-refractivity contribution < 1.29 is 23.4 Å². The van der Waals surface area contributed by atoms with Crippen LogP contribution in [0.5, 0.6) is 46.0 Å². The van der Waals surface area contributed by atoms with Gasteiger partial charge in [0.15, 0.2) is 46.0 Å². The Bertz CT molecular complexity index is 2180. The third-order valence-corrected chi connectivity index (χ3v) is 7.58. The van der Waals surface area contributed by atoms with Crippen molar-refractivity contribution >= 4 is 39.0 Å². The van der Waals surface area contributed by atoms with E-state index in [0.29, 0.717) is 46.0 Å². The van der Waals surface area contributed by atoms with Crippen LogP contribution in [0, 0.1) is 0 Å². The van der Waals surface area contributed by atoms with Crippen molar-refractivity contribution in [2.45, 2.75) is 0 Å². The van der Waals surface area contributed by atoms with E-state index < -0.39 is 0 Å². The monoisotopic (exact) mass is 547 g/mol. The Morgan fingerprint density at radius 2 is 0.952 bits per heavy atom. The summed E-state index contributed by atoms with van der Waals surface area (Å²) in [6.07, 6.45) is 0. The van der Waals surface area contributed by atoms with Gasteiger partial charge in [0.2, 0.25) is 0 Å². The zero-order chi connectivity index (χ0) is 27.6. The van der Waals surface area contributed by atoms with Gasteiger partial charge in [0.1, 0.15) is 11.2 Å². The molecule has 2 aliphatic rings. The van der Waals surface area contributed by atoms with Crippen LogP contribution in [0.1, 0.15) is 0 Å². The zero-order valence-corrected chi connectivity index (χ0v) is 22.1. The molecule has 1 aromatic heterocycles. The van der Waals surface area contributed by atoms with Crippen molar-refractivity contribution in [2.24, 2.45) is 0 Å². The van der Waals surface area contributed by atoms with Crippen molar-refractivity contribution in [3.8, 4) is 46.0 Å². The van der Waals surface area contributed by atoms with E-state index in [9.17, 15) is 0 Å². The van der Waals surface area contributed by atoms with E-state index in [4.69, 9.17) is 23.4 Å². The number of fused-ring (bicyclic) bond motifs is 7. The Morgan fingerprint density at radius 1 is 0.381 bits per heavy atom. The first-order valence-electron chi connectivity index (χ1n) is 13.7. The number of hydrogen-bond donors (Lipinski definition) is 0. The number of benzene rings is 6. The molecule has 0 aliphatic carbocycles. The van der Waals surface area contributed by atoms with Crippen LogP contribution in [0.25, 0.3) is 21.9 Å². The minimum absolute atomic E-state index is 0.612. The summed E-state index contributed by atoms with van der Waals surface area (Å²) in [6, 6.07) is 41.4. The molecule has 6 aromatic carbocycles. The minimum atomic E-state index is 0.612. The Hall–Kier alpha value is -5.88. The molecule has 6 nitrogen and oxygen atoms in total. The Balaban J connectivity index is 1.23. The molecule has 0 fully saturated rings. The fraction of sp³-hybridized carbons (Fsp3) is 0. The molecule has 2 aliphatic heterocycles. The number of ether oxygens (including phenoxy) is 4. The SMILES string of the molecule is c1ccc2c(c1)Oc1ccc(N(c3ccc4c(c3)oc3ccccc34)c3cccc4c3Oc3ccccc3O4)cc1O2. The summed E-state index contributed by atoms with van der Waals surface area (Å²) >= 11 is 0.